The Labute approximate surface area is 126 Å². The number of likely N-dealkylation sites (tertiary alicyclic amines) is 1. The molecule has 1 saturated heterocycles. The van der Waals surface area contributed by atoms with Crippen LogP contribution in [-0.2, 0) is 0 Å². The van der Waals surface area contributed by atoms with E-state index in [0.29, 0.717) is 5.56 Å². The van der Waals surface area contributed by atoms with Crippen LogP contribution in [0.15, 0.2) is 18.2 Å². The molecule has 0 spiro atoms. The topological polar surface area (TPSA) is 15.3 Å². The minimum atomic E-state index is -0.762. The number of piperidine rings is 1. The van der Waals surface area contributed by atoms with Gasteiger partial charge >= 0.3 is 0 Å². The molecule has 0 bridgehead atoms. The van der Waals surface area contributed by atoms with Gasteiger partial charge in [-0.3, -0.25) is 0 Å². The predicted molar refractivity (Wildman–Crippen MR) is 82.2 cm³/mol. The lowest BCUT2D eigenvalue weighted by atomic mass is 9.98. The number of rotatable bonds is 6. The molecule has 118 valence electrons. The van der Waals surface area contributed by atoms with Crippen molar-refractivity contribution in [3.63, 3.8) is 0 Å². The monoisotopic (exact) mass is 296 g/mol. The Kier molecular flexibility index (Phi) is 6.12. The van der Waals surface area contributed by atoms with Crippen molar-refractivity contribution >= 4 is 0 Å². The molecule has 0 saturated carbocycles. The standard InChI is InChI=1S/C17H26F2N2/c1-3-20-16(14-5-4-6-15(18)17(14)19)9-12-21-10-7-13(2)8-11-21/h4-6,13,16,20H,3,7-12H2,1-2H3. The molecule has 4 heteroatoms. The molecule has 0 radical (unpaired) electrons. The third-order valence-electron chi connectivity index (χ3n) is 4.42. The van der Waals surface area contributed by atoms with Crippen molar-refractivity contribution in [2.24, 2.45) is 5.92 Å². The lowest BCUT2D eigenvalue weighted by molar-refractivity contribution is 0.184. The number of hydrogen-bond donors (Lipinski definition) is 1. The van der Waals surface area contributed by atoms with E-state index in [-0.39, 0.29) is 6.04 Å². The summed E-state index contributed by atoms with van der Waals surface area (Å²) in [5.41, 5.74) is 0.447. The van der Waals surface area contributed by atoms with Gasteiger partial charge in [0.25, 0.3) is 0 Å². The molecule has 1 aromatic rings. The third kappa shape index (κ3) is 4.48. The molecule has 2 rings (SSSR count). The Morgan fingerprint density at radius 2 is 2.00 bits per heavy atom. The molecule has 21 heavy (non-hydrogen) atoms. The number of nitrogens with zero attached hydrogens (tertiary/aromatic N) is 1. The summed E-state index contributed by atoms with van der Waals surface area (Å²) < 4.78 is 27.4. The lowest BCUT2D eigenvalue weighted by Crippen LogP contribution is -2.35. The SMILES string of the molecule is CCNC(CCN1CCC(C)CC1)c1cccc(F)c1F. The van der Waals surface area contributed by atoms with Gasteiger partial charge in [-0.25, -0.2) is 8.78 Å². The Morgan fingerprint density at radius 3 is 2.67 bits per heavy atom. The summed E-state index contributed by atoms with van der Waals surface area (Å²) in [5, 5.41) is 3.28. The van der Waals surface area contributed by atoms with Crippen molar-refractivity contribution in [1.82, 2.24) is 10.2 Å². The summed E-state index contributed by atoms with van der Waals surface area (Å²) in [5.74, 6) is -0.663. The summed E-state index contributed by atoms with van der Waals surface area (Å²) in [7, 11) is 0. The van der Waals surface area contributed by atoms with Gasteiger partial charge in [-0.15, -0.1) is 0 Å². The molecular weight excluding hydrogens is 270 g/mol. The fraction of sp³-hybridized carbons (Fsp3) is 0.647. The van der Waals surface area contributed by atoms with Gasteiger partial charge < -0.3 is 10.2 Å². The zero-order chi connectivity index (χ0) is 15.2. The molecule has 1 aliphatic heterocycles. The van der Waals surface area contributed by atoms with E-state index >= 15 is 0 Å². The van der Waals surface area contributed by atoms with Crippen LogP contribution in [0, 0.1) is 17.6 Å². The maximum absolute atomic E-state index is 14.0. The number of halogens is 2. The molecule has 1 heterocycles. The Bertz CT molecular complexity index is 442. The van der Waals surface area contributed by atoms with Gasteiger partial charge in [0, 0.05) is 11.6 Å². The number of hydrogen-bond acceptors (Lipinski definition) is 2. The average Bonchev–Trinajstić information content (AvgIpc) is 2.48. The molecule has 0 amide bonds. The lowest BCUT2D eigenvalue weighted by Gasteiger charge is -2.31. The molecule has 1 unspecified atom stereocenters. The molecule has 0 aromatic heterocycles. The van der Waals surface area contributed by atoms with Crippen LogP contribution in [0.25, 0.3) is 0 Å². The zero-order valence-corrected chi connectivity index (χ0v) is 13.0. The first-order valence-electron chi connectivity index (χ1n) is 8.01. The summed E-state index contributed by atoms with van der Waals surface area (Å²) in [4.78, 5) is 2.43. The maximum atomic E-state index is 14.0. The van der Waals surface area contributed by atoms with E-state index < -0.39 is 11.6 Å². The van der Waals surface area contributed by atoms with E-state index in [1.54, 1.807) is 12.1 Å². The quantitative estimate of drug-likeness (QED) is 0.860. The van der Waals surface area contributed by atoms with Crippen LogP contribution in [0.5, 0.6) is 0 Å². The van der Waals surface area contributed by atoms with E-state index in [9.17, 15) is 8.78 Å². The fourth-order valence-electron chi connectivity index (χ4n) is 3.00. The first kappa shape index (κ1) is 16.4. The predicted octanol–water partition coefficient (Wildman–Crippen LogP) is 3.74. The zero-order valence-electron chi connectivity index (χ0n) is 13.0. The highest BCUT2D eigenvalue weighted by Crippen LogP contribution is 2.23. The molecule has 2 nitrogen and oxygen atoms in total. The second-order valence-corrected chi connectivity index (χ2v) is 6.07. The molecule has 1 aliphatic rings. The number of nitrogens with one attached hydrogen (secondary N) is 1. The molecule has 1 N–H and O–H groups in total. The van der Waals surface area contributed by atoms with Crippen molar-refractivity contribution in [2.75, 3.05) is 26.2 Å². The van der Waals surface area contributed by atoms with E-state index in [4.69, 9.17) is 0 Å². The summed E-state index contributed by atoms with van der Waals surface area (Å²) in [6.45, 7) is 8.20. The van der Waals surface area contributed by atoms with Gasteiger partial charge in [-0.05, 0) is 57.4 Å². The Balaban J connectivity index is 1.97. The minimum absolute atomic E-state index is 0.120. The summed E-state index contributed by atoms with van der Waals surface area (Å²) in [6, 6.07) is 4.32. The summed E-state index contributed by atoms with van der Waals surface area (Å²) >= 11 is 0. The Morgan fingerprint density at radius 1 is 1.29 bits per heavy atom. The molecule has 0 aliphatic carbocycles. The van der Waals surface area contributed by atoms with Crippen molar-refractivity contribution in [3.8, 4) is 0 Å². The van der Waals surface area contributed by atoms with Crippen molar-refractivity contribution in [2.45, 2.75) is 39.2 Å². The third-order valence-corrected chi connectivity index (χ3v) is 4.42. The van der Waals surface area contributed by atoms with Crippen LogP contribution < -0.4 is 5.32 Å². The molecule has 1 fully saturated rings. The second kappa shape index (κ2) is 7.85. The molecule has 1 atom stereocenters. The highest BCUT2D eigenvalue weighted by molar-refractivity contribution is 5.22. The van der Waals surface area contributed by atoms with Gasteiger partial charge in [-0.1, -0.05) is 26.0 Å². The van der Waals surface area contributed by atoms with Crippen LogP contribution in [0.1, 0.15) is 44.7 Å². The maximum Gasteiger partial charge on any atom is 0.163 e. The van der Waals surface area contributed by atoms with Gasteiger partial charge in [0.15, 0.2) is 11.6 Å². The molecular formula is C17H26F2N2. The van der Waals surface area contributed by atoms with Gasteiger partial charge in [0.2, 0.25) is 0 Å². The summed E-state index contributed by atoms with van der Waals surface area (Å²) in [6.07, 6.45) is 3.28. The van der Waals surface area contributed by atoms with Gasteiger partial charge in [0.1, 0.15) is 0 Å². The highest BCUT2D eigenvalue weighted by Gasteiger charge is 2.20. The van der Waals surface area contributed by atoms with E-state index in [0.717, 1.165) is 38.5 Å². The van der Waals surface area contributed by atoms with E-state index in [2.05, 4.69) is 17.1 Å². The smallest absolute Gasteiger partial charge is 0.163 e. The van der Waals surface area contributed by atoms with E-state index in [1.165, 1.54) is 18.9 Å². The molecule has 1 aromatic carbocycles. The second-order valence-electron chi connectivity index (χ2n) is 6.07. The first-order valence-corrected chi connectivity index (χ1v) is 8.01. The van der Waals surface area contributed by atoms with Crippen LogP contribution in [0.3, 0.4) is 0 Å². The van der Waals surface area contributed by atoms with Crippen LogP contribution in [-0.4, -0.2) is 31.1 Å². The first-order chi connectivity index (χ1) is 10.1. The van der Waals surface area contributed by atoms with Crippen LogP contribution >= 0.6 is 0 Å². The van der Waals surface area contributed by atoms with Crippen molar-refractivity contribution in [3.05, 3.63) is 35.4 Å². The highest BCUT2D eigenvalue weighted by atomic mass is 19.2. The number of benzene rings is 1. The fourth-order valence-corrected chi connectivity index (χ4v) is 3.00. The van der Waals surface area contributed by atoms with E-state index in [1.807, 2.05) is 6.92 Å². The normalized spacial score (nSPS) is 18.9. The van der Waals surface area contributed by atoms with Gasteiger partial charge in [0.05, 0.1) is 0 Å². The van der Waals surface area contributed by atoms with Crippen molar-refractivity contribution in [1.29, 1.82) is 0 Å². The van der Waals surface area contributed by atoms with Crippen LogP contribution in [0.2, 0.25) is 0 Å². The largest absolute Gasteiger partial charge is 0.310 e. The van der Waals surface area contributed by atoms with Gasteiger partial charge in [-0.2, -0.15) is 0 Å². The average molecular weight is 296 g/mol. The van der Waals surface area contributed by atoms with Crippen molar-refractivity contribution < 1.29 is 8.78 Å². The van der Waals surface area contributed by atoms with Crippen LogP contribution in [0.4, 0.5) is 8.78 Å². The Hall–Kier alpha value is -1.00. The minimum Gasteiger partial charge on any atom is -0.310 e.